The fourth-order valence-electron chi connectivity index (χ4n) is 1.16. The van der Waals surface area contributed by atoms with Crippen LogP contribution in [0, 0.1) is 13.8 Å². The van der Waals surface area contributed by atoms with E-state index in [1.165, 1.54) is 5.69 Å². The second-order valence-electron chi connectivity index (χ2n) is 4.17. The SMILES string of the molecule is Cc1ncn(CCC(C)(C)O)c1C. The zero-order valence-electron chi connectivity index (χ0n) is 8.83. The molecule has 1 rings (SSSR count). The Morgan fingerprint density at radius 3 is 2.46 bits per heavy atom. The quantitative estimate of drug-likeness (QED) is 0.772. The fraction of sp³-hybridized carbons (Fsp3) is 0.700. The van der Waals surface area contributed by atoms with Crippen molar-refractivity contribution in [2.24, 2.45) is 0 Å². The van der Waals surface area contributed by atoms with Gasteiger partial charge in [-0.15, -0.1) is 0 Å². The van der Waals surface area contributed by atoms with E-state index < -0.39 is 5.60 Å². The van der Waals surface area contributed by atoms with E-state index in [0.29, 0.717) is 0 Å². The van der Waals surface area contributed by atoms with E-state index in [1.54, 1.807) is 0 Å². The molecule has 0 aliphatic heterocycles. The molecule has 0 bridgehead atoms. The van der Waals surface area contributed by atoms with Crippen molar-refractivity contribution in [3.8, 4) is 0 Å². The topological polar surface area (TPSA) is 38.0 Å². The zero-order valence-corrected chi connectivity index (χ0v) is 8.83. The number of hydrogen-bond acceptors (Lipinski definition) is 2. The molecule has 3 nitrogen and oxygen atoms in total. The van der Waals surface area contributed by atoms with Crippen molar-refractivity contribution in [2.45, 2.75) is 46.3 Å². The first-order valence-corrected chi connectivity index (χ1v) is 4.61. The van der Waals surface area contributed by atoms with E-state index in [9.17, 15) is 5.11 Å². The van der Waals surface area contributed by atoms with Crippen molar-refractivity contribution < 1.29 is 5.11 Å². The lowest BCUT2D eigenvalue weighted by Crippen LogP contribution is -2.21. The van der Waals surface area contributed by atoms with Crippen molar-refractivity contribution in [1.82, 2.24) is 9.55 Å². The molecule has 0 spiro atoms. The highest BCUT2D eigenvalue weighted by atomic mass is 16.3. The highest BCUT2D eigenvalue weighted by Gasteiger charge is 2.12. The van der Waals surface area contributed by atoms with Gasteiger partial charge in [0.2, 0.25) is 0 Å². The normalized spacial score (nSPS) is 12.1. The molecule has 0 unspecified atom stereocenters. The van der Waals surface area contributed by atoms with Gasteiger partial charge in [0.15, 0.2) is 0 Å². The first-order chi connectivity index (χ1) is 5.90. The molecule has 0 radical (unpaired) electrons. The molecule has 0 aliphatic rings. The van der Waals surface area contributed by atoms with Crippen molar-refractivity contribution >= 4 is 0 Å². The monoisotopic (exact) mass is 182 g/mol. The smallest absolute Gasteiger partial charge is 0.0951 e. The van der Waals surface area contributed by atoms with Crippen LogP contribution < -0.4 is 0 Å². The molecule has 1 aromatic rings. The average Bonchev–Trinajstić information content (AvgIpc) is 2.29. The first kappa shape index (κ1) is 10.3. The summed E-state index contributed by atoms with van der Waals surface area (Å²) < 4.78 is 2.08. The first-order valence-electron chi connectivity index (χ1n) is 4.61. The van der Waals surface area contributed by atoms with E-state index in [-0.39, 0.29) is 0 Å². The molecular formula is C10H18N2O. The lowest BCUT2D eigenvalue weighted by molar-refractivity contribution is 0.0660. The summed E-state index contributed by atoms with van der Waals surface area (Å²) in [5.41, 5.74) is 1.66. The lowest BCUT2D eigenvalue weighted by atomic mass is 10.1. The minimum absolute atomic E-state index is 0.593. The van der Waals surface area contributed by atoms with Crippen LogP contribution in [0.25, 0.3) is 0 Å². The summed E-state index contributed by atoms with van der Waals surface area (Å²) >= 11 is 0. The Bertz CT molecular complexity index is 284. The minimum Gasteiger partial charge on any atom is -0.390 e. The third-order valence-corrected chi connectivity index (χ3v) is 2.31. The Balaban J connectivity index is 2.60. The number of aryl methyl sites for hydroxylation is 2. The molecule has 74 valence electrons. The Hall–Kier alpha value is -0.830. The molecule has 1 aromatic heterocycles. The molecule has 1 heterocycles. The second kappa shape index (κ2) is 3.50. The molecule has 0 amide bonds. The summed E-state index contributed by atoms with van der Waals surface area (Å²) in [5, 5.41) is 9.54. The number of rotatable bonds is 3. The van der Waals surface area contributed by atoms with Gasteiger partial charge in [-0.25, -0.2) is 4.98 Å². The van der Waals surface area contributed by atoms with Gasteiger partial charge in [-0.1, -0.05) is 0 Å². The molecule has 3 heteroatoms. The van der Waals surface area contributed by atoms with Crippen LogP contribution in [0.15, 0.2) is 6.33 Å². The van der Waals surface area contributed by atoms with Gasteiger partial charge >= 0.3 is 0 Å². The van der Waals surface area contributed by atoms with Gasteiger partial charge in [0.1, 0.15) is 0 Å². The fourth-order valence-corrected chi connectivity index (χ4v) is 1.16. The average molecular weight is 182 g/mol. The third kappa shape index (κ3) is 2.84. The van der Waals surface area contributed by atoms with Crippen LogP contribution in [0.1, 0.15) is 31.7 Å². The van der Waals surface area contributed by atoms with E-state index in [4.69, 9.17) is 0 Å². The highest BCUT2D eigenvalue weighted by molar-refractivity contribution is 5.08. The largest absolute Gasteiger partial charge is 0.390 e. The maximum absolute atomic E-state index is 9.54. The van der Waals surface area contributed by atoms with Gasteiger partial charge < -0.3 is 9.67 Å². The van der Waals surface area contributed by atoms with Crippen LogP contribution >= 0.6 is 0 Å². The van der Waals surface area contributed by atoms with E-state index >= 15 is 0 Å². The molecule has 1 N–H and O–H groups in total. The second-order valence-corrected chi connectivity index (χ2v) is 4.17. The highest BCUT2D eigenvalue weighted by Crippen LogP contribution is 2.11. The van der Waals surface area contributed by atoms with Gasteiger partial charge in [-0.3, -0.25) is 0 Å². The van der Waals surface area contributed by atoms with E-state index in [1.807, 2.05) is 34.0 Å². The molecule has 0 fully saturated rings. The molecule has 0 aromatic carbocycles. The van der Waals surface area contributed by atoms with Crippen LogP contribution in [0.4, 0.5) is 0 Å². The summed E-state index contributed by atoms with van der Waals surface area (Å²) in [7, 11) is 0. The van der Waals surface area contributed by atoms with Gasteiger partial charge in [0.05, 0.1) is 17.6 Å². The van der Waals surface area contributed by atoms with Crippen LogP contribution in [0.2, 0.25) is 0 Å². The standard InChI is InChI=1S/C10H18N2O/c1-8-9(2)12(7-11-8)6-5-10(3,4)13/h7,13H,5-6H2,1-4H3. The Morgan fingerprint density at radius 2 is 2.08 bits per heavy atom. The molecule has 0 saturated heterocycles. The number of hydrogen-bond donors (Lipinski definition) is 1. The molecule has 0 saturated carbocycles. The molecule has 0 aliphatic carbocycles. The number of nitrogens with zero attached hydrogens (tertiary/aromatic N) is 2. The van der Waals surface area contributed by atoms with Crippen LogP contribution in [-0.4, -0.2) is 20.3 Å². The van der Waals surface area contributed by atoms with E-state index in [2.05, 4.69) is 9.55 Å². The molecule has 0 atom stereocenters. The van der Waals surface area contributed by atoms with Crippen molar-refractivity contribution in [1.29, 1.82) is 0 Å². The summed E-state index contributed by atoms with van der Waals surface area (Å²) in [6, 6.07) is 0. The molecule has 13 heavy (non-hydrogen) atoms. The van der Waals surface area contributed by atoms with Crippen molar-refractivity contribution in [2.75, 3.05) is 0 Å². The Labute approximate surface area is 79.4 Å². The number of aliphatic hydroxyl groups is 1. The molecular weight excluding hydrogens is 164 g/mol. The van der Waals surface area contributed by atoms with Crippen LogP contribution in [-0.2, 0) is 6.54 Å². The zero-order chi connectivity index (χ0) is 10.1. The van der Waals surface area contributed by atoms with Crippen LogP contribution in [0.3, 0.4) is 0 Å². The van der Waals surface area contributed by atoms with Gasteiger partial charge in [0.25, 0.3) is 0 Å². The maximum Gasteiger partial charge on any atom is 0.0951 e. The Kier molecular flexibility index (Phi) is 2.76. The van der Waals surface area contributed by atoms with E-state index in [0.717, 1.165) is 18.7 Å². The van der Waals surface area contributed by atoms with Crippen molar-refractivity contribution in [3.05, 3.63) is 17.7 Å². The predicted octanol–water partition coefficient (Wildman–Crippen LogP) is 1.66. The van der Waals surface area contributed by atoms with Crippen LogP contribution in [0.5, 0.6) is 0 Å². The van der Waals surface area contributed by atoms with Gasteiger partial charge in [0, 0.05) is 12.2 Å². The summed E-state index contributed by atoms with van der Waals surface area (Å²) in [4.78, 5) is 4.20. The maximum atomic E-state index is 9.54. The third-order valence-electron chi connectivity index (χ3n) is 2.31. The van der Waals surface area contributed by atoms with Gasteiger partial charge in [-0.05, 0) is 34.1 Å². The number of aromatic nitrogens is 2. The van der Waals surface area contributed by atoms with Gasteiger partial charge in [-0.2, -0.15) is 0 Å². The minimum atomic E-state index is -0.593. The number of imidazole rings is 1. The Morgan fingerprint density at radius 1 is 1.46 bits per heavy atom. The summed E-state index contributed by atoms with van der Waals surface area (Å²) in [5.74, 6) is 0. The van der Waals surface area contributed by atoms with Crippen molar-refractivity contribution in [3.63, 3.8) is 0 Å². The predicted molar refractivity (Wildman–Crippen MR) is 52.6 cm³/mol. The summed E-state index contributed by atoms with van der Waals surface area (Å²) in [6.07, 6.45) is 2.58. The summed E-state index contributed by atoms with van der Waals surface area (Å²) in [6.45, 7) is 8.52. The lowest BCUT2D eigenvalue weighted by Gasteiger charge is -2.17.